The van der Waals surface area contributed by atoms with Gasteiger partial charge in [0.2, 0.25) is 5.88 Å². The third-order valence-corrected chi connectivity index (χ3v) is 2.47. The van der Waals surface area contributed by atoms with Crippen molar-refractivity contribution in [3.8, 4) is 5.88 Å². The molecule has 3 heteroatoms. The van der Waals surface area contributed by atoms with Crippen molar-refractivity contribution in [2.45, 2.75) is 13.0 Å². The number of fused-ring (bicyclic) bond motifs is 1. The molecular weight excluding hydrogens is 164 g/mol. The van der Waals surface area contributed by atoms with Crippen molar-refractivity contribution in [2.24, 2.45) is 0 Å². The fourth-order valence-corrected chi connectivity index (χ4v) is 1.67. The van der Waals surface area contributed by atoms with E-state index in [1.54, 1.807) is 7.11 Å². The van der Waals surface area contributed by atoms with Gasteiger partial charge in [0.25, 0.3) is 0 Å². The van der Waals surface area contributed by atoms with Crippen LogP contribution >= 0.6 is 0 Å². The first kappa shape index (κ1) is 8.51. The zero-order valence-corrected chi connectivity index (χ0v) is 8.08. The van der Waals surface area contributed by atoms with Gasteiger partial charge in [-0.3, -0.25) is 0 Å². The van der Waals surface area contributed by atoms with Crippen molar-refractivity contribution >= 4 is 0 Å². The smallest absolute Gasteiger partial charge is 0.213 e. The summed E-state index contributed by atoms with van der Waals surface area (Å²) in [6, 6.07) is 2.04. The lowest BCUT2D eigenvalue weighted by Crippen LogP contribution is -2.26. The highest BCUT2D eigenvalue weighted by Gasteiger charge is 2.13. The molecule has 70 valence electrons. The second kappa shape index (κ2) is 3.34. The van der Waals surface area contributed by atoms with Gasteiger partial charge in [-0.2, -0.15) is 0 Å². The third kappa shape index (κ3) is 1.65. The maximum absolute atomic E-state index is 5.08. The minimum atomic E-state index is 0.725. The summed E-state index contributed by atoms with van der Waals surface area (Å²) in [4.78, 5) is 6.50. The maximum atomic E-state index is 5.08. The van der Waals surface area contributed by atoms with E-state index in [4.69, 9.17) is 4.74 Å². The lowest BCUT2D eigenvalue weighted by Gasteiger charge is -2.24. The number of aromatic nitrogens is 1. The average Bonchev–Trinajstić information content (AvgIpc) is 2.17. The van der Waals surface area contributed by atoms with Crippen molar-refractivity contribution in [3.63, 3.8) is 0 Å². The first-order valence-electron chi connectivity index (χ1n) is 4.50. The first-order chi connectivity index (χ1) is 6.29. The Balaban J connectivity index is 2.31. The zero-order valence-electron chi connectivity index (χ0n) is 8.08. The normalized spacial score (nSPS) is 16.8. The molecule has 0 fully saturated rings. The summed E-state index contributed by atoms with van der Waals surface area (Å²) < 4.78 is 5.08. The molecule has 2 heterocycles. The van der Waals surface area contributed by atoms with Crippen LogP contribution in [0.4, 0.5) is 0 Å². The van der Waals surface area contributed by atoms with Crippen molar-refractivity contribution in [1.29, 1.82) is 0 Å². The van der Waals surface area contributed by atoms with Crippen LogP contribution in [0.5, 0.6) is 5.88 Å². The second-order valence-electron chi connectivity index (χ2n) is 3.48. The Morgan fingerprint density at radius 2 is 2.31 bits per heavy atom. The number of nitrogens with zero attached hydrogens (tertiary/aromatic N) is 2. The SMILES string of the molecule is COc1cc2c(cn1)CN(C)CC2. The summed E-state index contributed by atoms with van der Waals surface area (Å²) in [5.41, 5.74) is 2.71. The molecule has 2 rings (SSSR count). The Kier molecular flexibility index (Phi) is 2.19. The fraction of sp³-hybridized carbons (Fsp3) is 0.500. The number of methoxy groups -OCH3 is 1. The monoisotopic (exact) mass is 178 g/mol. The molecule has 1 aromatic heterocycles. The van der Waals surface area contributed by atoms with Gasteiger partial charge in [0.05, 0.1) is 7.11 Å². The molecule has 1 aliphatic heterocycles. The molecule has 0 bridgehead atoms. The maximum Gasteiger partial charge on any atom is 0.213 e. The van der Waals surface area contributed by atoms with E-state index < -0.39 is 0 Å². The largest absolute Gasteiger partial charge is 0.481 e. The van der Waals surface area contributed by atoms with Gasteiger partial charge >= 0.3 is 0 Å². The molecule has 0 N–H and O–H groups in total. The molecule has 0 atom stereocenters. The number of likely N-dealkylation sites (N-methyl/N-ethyl adjacent to an activating group) is 1. The van der Waals surface area contributed by atoms with Crippen LogP contribution in [0.25, 0.3) is 0 Å². The number of hydrogen-bond donors (Lipinski definition) is 0. The number of rotatable bonds is 1. The minimum Gasteiger partial charge on any atom is -0.481 e. The van der Waals surface area contributed by atoms with Gasteiger partial charge in [-0.1, -0.05) is 0 Å². The molecule has 13 heavy (non-hydrogen) atoms. The Hall–Kier alpha value is -1.09. The van der Waals surface area contributed by atoms with Crippen LogP contribution in [0.3, 0.4) is 0 Å². The van der Waals surface area contributed by atoms with Crippen LogP contribution in [-0.4, -0.2) is 30.6 Å². The highest BCUT2D eigenvalue weighted by molar-refractivity contribution is 5.31. The van der Waals surface area contributed by atoms with E-state index in [-0.39, 0.29) is 0 Å². The van der Waals surface area contributed by atoms with E-state index in [0.29, 0.717) is 0 Å². The van der Waals surface area contributed by atoms with Gasteiger partial charge in [-0.05, 0) is 24.6 Å². The van der Waals surface area contributed by atoms with Crippen LogP contribution in [0.1, 0.15) is 11.1 Å². The minimum absolute atomic E-state index is 0.725. The predicted molar refractivity (Wildman–Crippen MR) is 50.8 cm³/mol. The van der Waals surface area contributed by atoms with Gasteiger partial charge in [-0.15, -0.1) is 0 Å². The zero-order chi connectivity index (χ0) is 9.26. The van der Waals surface area contributed by atoms with Crippen LogP contribution in [0, 0.1) is 0 Å². The Labute approximate surface area is 78.3 Å². The molecule has 0 spiro atoms. The quantitative estimate of drug-likeness (QED) is 0.643. The highest BCUT2D eigenvalue weighted by atomic mass is 16.5. The number of ether oxygens (including phenoxy) is 1. The van der Waals surface area contributed by atoms with Crippen LogP contribution in [-0.2, 0) is 13.0 Å². The molecule has 1 aromatic rings. The Morgan fingerprint density at radius 3 is 3.08 bits per heavy atom. The van der Waals surface area contributed by atoms with E-state index in [0.717, 1.165) is 25.4 Å². The van der Waals surface area contributed by atoms with Crippen molar-refractivity contribution in [3.05, 3.63) is 23.4 Å². The summed E-state index contributed by atoms with van der Waals surface area (Å²) in [7, 11) is 3.79. The third-order valence-electron chi connectivity index (χ3n) is 2.47. The molecule has 0 unspecified atom stereocenters. The standard InChI is InChI=1S/C10H14N2O/c1-12-4-3-8-5-10(13-2)11-6-9(8)7-12/h5-6H,3-4,7H2,1-2H3. The topological polar surface area (TPSA) is 25.4 Å². The van der Waals surface area contributed by atoms with Crippen LogP contribution < -0.4 is 4.74 Å². The molecule has 0 aromatic carbocycles. The first-order valence-corrected chi connectivity index (χ1v) is 4.50. The fourth-order valence-electron chi connectivity index (χ4n) is 1.67. The summed E-state index contributed by atoms with van der Waals surface area (Å²) >= 11 is 0. The van der Waals surface area contributed by atoms with Crippen molar-refractivity contribution < 1.29 is 4.74 Å². The molecule has 0 amide bonds. The molecule has 0 aliphatic carbocycles. The van der Waals surface area contributed by atoms with Crippen LogP contribution in [0.2, 0.25) is 0 Å². The number of hydrogen-bond acceptors (Lipinski definition) is 3. The van der Waals surface area contributed by atoms with Crippen molar-refractivity contribution in [1.82, 2.24) is 9.88 Å². The summed E-state index contributed by atoms with van der Waals surface area (Å²) in [6.45, 7) is 2.13. The Bertz CT molecular complexity index is 312. The van der Waals surface area contributed by atoms with Gasteiger partial charge in [0, 0.05) is 25.4 Å². The number of pyridine rings is 1. The lowest BCUT2D eigenvalue weighted by atomic mass is 10.0. The van der Waals surface area contributed by atoms with Gasteiger partial charge in [0.15, 0.2) is 0 Å². The van der Waals surface area contributed by atoms with Crippen molar-refractivity contribution in [2.75, 3.05) is 20.7 Å². The van der Waals surface area contributed by atoms with Gasteiger partial charge < -0.3 is 9.64 Å². The highest BCUT2D eigenvalue weighted by Crippen LogP contribution is 2.20. The summed E-state index contributed by atoms with van der Waals surface area (Å²) in [6.07, 6.45) is 3.02. The van der Waals surface area contributed by atoms with E-state index in [1.807, 2.05) is 12.3 Å². The molecule has 3 nitrogen and oxygen atoms in total. The molecule has 1 aliphatic rings. The van der Waals surface area contributed by atoms with E-state index in [2.05, 4.69) is 16.9 Å². The lowest BCUT2D eigenvalue weighted by molar-refractivity contribution is 0.310. The molecule has 0 saturated carbocycles. The van der Waals surface area contributed by atoms with Gasteiger partial charge in [-0.25, -0.2) is 4.98 Å². The second-order valence-corrected chi connectivity index (χ2v) is 3.48. The summed E-state index contributed by atoms with van der Waals surface area (Å²) in [5, 5.41) is 0. The van der Waals surface area contributed by atoms with E-state index in [9.17, 15) is 0 Å². The summed E-state index contributed by atoms with van der Waals surface area (Å²) in [5.74, 6) is 0.725. The Morgan fingerprint density at radius 1 is 1.46 bits per heavy atom. The molecular formula is C10H14N2O. The van der Waals surface area contributed by atoms with E-state index in [1.165, 1.54) is 11.1 Å². The van der Waals surface area contributed by atoms with Gasteiger partial charge in [0.1, 0.15) is 0 Å². The molecule has 0 saturated heterocycles. The predicted octanol–water partition coefficient (Wildman–Crippen LogP) is 1.08. The average molecular weight is 178 g/mol. The van der Waals surface area contributed by atoms with E-state index >= 15 is 0 Å². The molecule has 0 radical (unpaired) electrons. The van der Waals surface area contributed by atoms with Crippen LogP contribution in [0.15, 0.2) is 12.3 Å².